The minimum Gasteiger partial charge on any atom is -0.493 e. The van der Waals surface area contributed by atoms with Gasteiger partial charge in [0.2, 0.25) is 5.91 Å². The maximum atomic E-state index is 12.0. The van der Waals surface area contributed by atoms with Crippen LogP contribution in [0.25, 0.3) is 0 Å². The van der Waals surface area contributed by atoms with Gasteiger partial charge in [0.15, 0.2) is 0 Å². The molecule has 0 aliphatic carbocycles. The first-order valence-electron chi connectivity index (χ1n) is 10.3. The van der Waals surface area contributed by atoms with Gasteiger partial charge >= 0.3 is 5.97 Å². The monoisotopic (exact) mass is 377 g/mol. The summed E-state index contributed by atoms with van der Waals surface area (Å²) in [5.41, 5.74) is 0.731. The Morgan fingerprint density at radius 1 is 0.963 bits per heavy atom. The Labute approximate surface area is 163 Å². The molecule has 0 aromatic heterocycles. The number of nitrogens with one attached hydrogen (secondary N) is 1. The molecule has 0 saturated carbocycles. The molecule has 0 saturated heterocycles. The molecule has 1 atom stereocenters. The number of anilines is 1. The van der Waals surface area contributed by atoms with Crippen molar-refractivity contribution in [3.05, 3.63) is 24.3 Å². The molecule has 0 radical (unpaired) electrons. The van der Waals surface area contributed by atoms with Crippen molar-refractivity contribution in [3.8, 4) is 5.75 Å². The molecule has 27 heavy (non-hydrogen) atoms. The third kappa shape index (κ3) is 11.3. The van der Waals surface area contributed by atoms with Crippen LogP contribution in [0.1, 0.15) is 78.1 Å². The highest BCUT2D eigenvalue weighted by molar-refractivity contribution is 5.90. The van der Waals surface area contributed by atoms with Crippen molar-refractivity contribution in [2.45, 2.75) is 78.1 Å². The molecule has 1 aromatic carbocycles. The first-order chi connectivity index (χ1) is 13.0. The first-order valence-corrected chi connectivity index (χ1v) is 10.3. The summed E-state index contributed by atoms with van der Waals surface area (Å²) in [4.78, 5) is 22.8. The highest BCUT2D eigenvalue weighted by atomic mass is 16.5. The summed E-state index contributed by atoms with van der Waals surface area (Å²) in [6, 6.07) is 7.02. The number of hydrogen-bond acceptors (Lipinski definition) is 3. The molecule has 1 amide bonds. The van der Waals surface area contributed by atoms with Gasteiger partial charge in [0.05, 0.1) is 5.92 Å². The number of rotatable bonds is 15. The molecule has 152 valence electrons. The number of ether oxygens (including phenoxy) is 1. The fraction of sp³-hybridized carbons (Fsp3) is 0.636. The molecule has 1 aromatic rings. The van der Waals surface area contributed by atoms with Gasteiger partial charge in [-0.3, -0.25) is 9.59 Å². The van der Waals surface area contributed by atoms with Gasteiger partial charge in [-0.15, -0.1) is 0 Å². The molecule has 1 rings (SSSR count). The van der Waals surface area contributed by atoms with Crippen molar-refractivity contribution in [2.75, 3.05) is 11.9 Å². The molecule has 0 heterocycles. The van der Waals surface area contributed by atoms with Crippen LogP contribution in [0.15, 0.2) is 24.3 Å². The summed E-state index contributed by atoms with van der Waals surface area (Å²) in [5.74, 6) is -0.803. The molecule has 0 aliphatic heterocycles. The number of unbranched alkanes of at least 4 members (excludes halogenated alkanes) is 8. The number of carbonyl (C=O) groups is 2. The van der Waals surface area contributed by atoms with E-state index in [2.05, 4.69) is 12.2 Å². The molecular weight excluding hydrogens is 342 g/mol. The number of hydrogen-bond donors (Lipinski definition) is 2. The lowest BCUT2D eigenvalue weighted by Crippen LogP contribution is -2.17. The SMILES string of the molecule is CCCCCCCCCCCC(=O)Nc1ccc(OCC(C)C(=O)O)cc1. The lowest BCUT2D eigenvalue weighted by Gasteiger charge is -2.10. The highest BCUT2D eigenvalue weighted by Gasteiger charge is 2.11. The second kappa shape index (κ2) is 14.1. The molecule has 0 fully saturated rings. The van der Waals surface area contributed by atoms with Gasteiger partial charge in [0.1, 0.15) is 12.4 Å². The third-order valence-corrected chi connectivity index (χ3v) is 4.57. The summed E-state index contributed by atoms with van der Waals surface area (Å²) < 4.78 is 5.43. The fourth-order valence-corrected chi connectivity index (χ4v) is 2.75. The second-order valence-electron chi connectivity index (χ2n) is 7.20. The van der Waals surface area contributed by atoms with E-state index >= 15 is 0 Å². The Morgan fingerprint density at radius 2 is 1.52 bits per heavy atom. The summed E-state index contributed by atoms with van der Waals surface area (Å²) in [6.07, 6.45) is 11.7. The van der Waals surface area contributed by atoms with Crippen molar-refractivity contribution in [1.82, 2.24) is 0 Å². The Morgan fingerprint density at radius 3 is 2.07 bits per heavy atom. The van der Waals surface area contributed by atoms with Crippen LogP contribution in [-0.4, -0.2) is 23.6 Å². The molecule has 0 aliphatic rings. The Bertz CT molecular complexity index is 542. The average Bonchev–Trinajstić information content (AvgIpc) is 2.65. The minimum absolute atomic E-state index is 0.0334. The Hall–Kier alpha value is -2.04. The van der Waals surface area contributed by atoms with Gasteiger partial charge in [-0.1, -0.05) is 58.3 Å². The second-order valence-corrected chi connectivity index (χ2v) is 7.20. The van der Waals surface area contributed by atoms with E-state index in [0.717, 1.165) is 18.5 Å². The van der Waals surface area contributed by atoms with E-state index < -0.39 is 11.9 Å². The first kappa shape index (κ1) is 23.0. The van der Waals surface area contributed by atoms with Crippen molar-refractivity contribution >= 4 is 17.6 Å². The van der Waals surface area contributed by atoms with Gasteiger partial charge in [-0.25, -0.2) is 0 Å². The van der Waals surface area contributed by atoms with E-state index in [0.29, 0.717) is 12.2 Å². The van der Waals surface area contributed by atoms with E-state index in [1.165, 1.54) is 44.9 Å². The molecule has 5 heteroatoms. The molecular formula is C22H35NO4. The van der Waals surface area contributed by atoms with E-state index in [4.69, 9.17) is 9.84 Å². The minimum atomic E-state index is -0.879. The van der Waals surface area contributed by atoms with Crippen LogP contribution in [-0.2, 0) is 9.59 Å². The number of carbonyl (C=O) groups excluding carboxylic acids is 1. The maximum absolute atomic E-state index is 12.0. The Kier molecular flexibility index (Phi) is 12.0. The van der Waals surface area contributed by atoms with Crippen molar-refractivity contribution in [3.63, 3.8) is 0 Å². The van der Waals surface area contributed by atoms with E-state index in [-0.39, 0.29) is 12.5 Å². The van der Waals surface area contributed by atoms with Crippen molar-refractivity contribution < 1.29 is 19.4 Å². The number of benzene rings is 1. The van der Waals surface area contributed by atoms with Gasteiger partial charge in [-0.2, -0.15) is 0 Å². The predicted molar refractivity (Wildman–Crippen MR) is 109 cm³/mol. The summed E-state index contributed by atoms with van der Waals surface area (Å²) in [6.45, 7) is 3.96. The highest BCUT2D eigenvalue weighted by Crippen LogP contribution is 2.17. The molecule has 1 unspecified atom stereocenters. The van der Waals surface area contributed by atoms with Crippen LogP contribution in [0.3, 0.4) is 0 Å². The van der Waals surface area contributed by atoms with Gasteiger partial charge in [-0.05, 0) is 37.6 Å². The van der Waals surface area contributed by atoms with Gasteiger partial charge in [0, 0.05) is 12.1 Å². The average molecular weight is 378 g/mol. The van der Waals surface area contributed by atoms with E-state index in [1.54, 1.807) is 31.2 Å². The number of amides is 1. The zero-order valence-electron chi connectivity index (χ0n) is 16.8. The smallest absolute Gasteiger partial charge is 0.309 e. The molecule has 0 bridgehead atoms. The summed E-state index contributed by atoms with van der Waals surface area (Å²) in [5, 5.41) is 11.7. The Balaban J connectivity index is 2.13. The molecule has 5 nitrogen and oxygen atoms in total. The van der Waals surface area contributed by atoms with Crippen LogP contribution < -0.4 is 10.1 Å². The van der Waals surface area contributed by atoms with Crippen molar-refractivity contribution in [2.24, 2.45) is 5.92 Å². The molecule has 0 spiro atoms. The van der Waals surface area contributed by atoms with Gasteiger partial charge in [0.25, 0.3) is 0 Å². The maximum Gasteiger partial charge on any atom is 0.309 e. The summed E-state index contributed by atoms with van der Waals surface area (Å²) >= 11 is 0. The summed E-state index contributed by atoms with van der Waals surface area (Å²) in [7, 11) is 0. The van der Waals surface area contributed by atoms with Crippen LogP contribution in [0, 0.1) is 5.92 Å². The van der Waals surface area contributed by atoms with E-state index in [1.807, 2.05) is 0 Å². The quantitative estimate of drug-likeness (QED) is 0.388. The number of carboxylic acids is 1. The molecule has 2 N–H and O–H groups in total. The third-order valence-electron chi connectivity index (χ3n) is 4.57. The predicted octanol–water partition coefficient (Wildman–Crippen LogP) is 5.65. The number of aliphatic carboxylic acids is 1. The van der Waals surface area contributed by atoms with E-state index in [9.17, 15) is 9.59 Å². The lowest BCUT2D eigenvalue weighted by atomic mass is 10.1. The van der Waals surface area contributed by atoms with Crippen molar-refractivity contribution in [1.29, 1.82) is 0 Å². The lowest BCUT2D eigenvalue weighted by molar-refractivity contribution is -0.142. The zero-order valence-corrected chi connectivity index (χ0v) is 16.8. The number of carboxylic acid groups (broad SMARTS) is 1. The largest absolute Gasteiger partial charge is 0.493 e. The van der Waals surface area contributed by atoms with Gasteiger partial charge < -0.3 is 15.2 Å². The van der Waals surface area contributed by atoms with Crippen LogP contribution in [0.5, 0.6) is 5.75 Å². The zero-order chi connectivity index (χ0) is 19.9. The normalized spacial score (nSPS) is 11.8. The fourth-order valence-electron chi connectivity index (χ4n) is 2.75. The topological polar surface area (TPSA) is 75.6 Å². The standard InChI is InChI=1S/C22H35NO4/c1-3-4-5-6-7-8-9-10-11-12-21(24)23-19-13-15-20(16-14-19)27-17-18(2)22(25)26/h13-16,18H,3-12,17H2,1-2H3,(H,23,24)(H,25,26). The van der Waals surface area contributed by atoms with Crippen LogP contribution in [0.2, 0.25) is 0 Å². The van der Waals surface area contributed by atoms with Crippen LogP contribution >= 0.6 is 0 Å². The van der Waals surface area contributed by atoms with Crippen LogP contribution in [0.4, 0.5) is 5.69 Å².